The number of thiophene rings is 1. The fourth-order valence-corrected chi connectivity index (χ4v) is 4.48. The molecule has 1 aliphatic heterocycles. The van der Waals surface area contributed by atoms with Gasteiger partial charge >= 0.3 is 0 Å². The van der Waals surface area contributed by atoms with Crippen LogP contribution in [0.3, 0.4) is 0 Å². The van der Waals surface area contributed by atoms with Crippen LogP contribution in [0, 0.1) is 0 Å². The van der Waals surface area contributed by atoms with Crippen LogP contribution in [0.2, 0.25) is 0 Å². The largest absolute Gasteiger partial charge is 0.396 e. The highest BCUT2D eigenvalue weighted by Crippen LogP contribution is 2.44. The van der Waals surface area contributed by atoms with Gasteiger partial charge in [0.1, 0.15) is 9.88 Å². The molecule has 106 valence electrons. The van der Waals surface area contributed by atoms with Crippen LogP contribution in [0.1, 0.15) is 35.9 Å². The van der Waals surface area contributed by atoms with Crippen molar-refractivity contribution in [3.05, 3.63) is 4.88 Å². The summed E-state index contributed by atoms with van der Waals surface area (Å²) in [6, 6.07) is 0. The molecule has 0 aliphatic carbocycles. The first-order chi connectivity index (χ1) is 9.19. The Kier molecular flexibility index (Phi) is 4.99. The number of nitrogens with two attached hydrogens (primary N) is 1. The highest BCUT2D eigenvalue weighted by atomic mass is 32.2. The van der Waals surface area contributed by atoms with Crippen molar-refractivity contribution in [2.24, 2.45) is 0 Å². The molecule has 2 heterocycles. The molecule has 1 aliphatic rings. The summed E-state index contributed by atoms with van der Waals surface area (Å²) in [6.45, 7) is 4.69. The Morgan fingerprint density at radius 3 is 2.68 bits per heavy atom. The summed E-state index contributed by atoms with van der Waals surface area (Å²) in [4.78, 5) is 16.1. The van der Waals surface area contributed by atoms with Crippen LogP contribution in [0.25, 0.3) is 0 Å². The zero-order chi connectivity index (χ0) is 13.8. The van der Waals surface area contributed by atoms with E-state index in [1.165, 1.54) is 35.6 Å². The summed E-state index contributed by atoms with van der Waals surface area (Å²) < 4.78 is 0. The van der Waals surface area contributed by atoms with E-state index in [-0.39, 0.29) is 5.91 Å². The first-order valence-electron chi connectivity index (χ1n) is 6.68. The van der Waals surface area contributed by atoms with Gasteiger partial charge in [0, 0.05) is 19.6 Å². The number of nitrogens with zero attached hydrogens (tertiary/aromatic N) is 1. The fourth-order valence-electron chi connectivity index (χ4n) is 2.33. The Morgan fingerprint density at radius 2 is 2.11 bits per heavy atom. The minimum absolute atomic E-state index is 0.0523. The second-order valence-corrected chi connectivity index (χ2v) is 6.41. The van der Waals surface area contributed by atoms with Crippen LogP contribution in [0.5, 0.6) is 0 Å². The lowest BCUT2D eigenvalue weighted by Crippen LogP contribution is -2.28. The van der Waals surface area contributed by atoms with Crippen molar-refractivity contribution in [2.45, 2.75) is 31.1 Å². The highest BCUT2D eigenvalue weighted by Gasteiger charge is 2.24. The maximum absolute atomic E-state index is 12.0. The number of nitrogens with one attached hydrogen (secondary N) is 1. The van der Waals surface area contributed by atoms with E-state index in [0.717, 1.165) is 18.0 Å². The van der Waals surface area contributed by atoms with Crippen LogP contribution >= 0.6 is 23.1 Å². The second-order valence-electron chi connectivity index (χ2n) is 4.59. The number of piperidine rings is 1. The molecule has 0 aromatic carbocycles. The van der Waals surface area contributed by atoms with Crippen LogP contribution in [-0.2, 0) is 0 Å². The van der Waals surface area contributed by atoms with Gasteiger partial charge in [-0.1, -0.05) is 0 Å². The zero-order valence-electron chi connectivity index (χ0n) is 11.5. The van der Waals surface area contributed by atoms with E-state index >= 15 is 0 Å². The number of rotatable bonds is 4. The number of carbonyl (C=O) groups excluding carboxylic acids is 1. The number of carbonyl (C=O) groups is 1. The van der Waals surface area contributed by atoms with Crippen LogP contribution in [0.4, 0.5) is 10.7 Å². The van der Waals surface area contributed by atoms with Crippen LogP contribution in [0.15, 0.2) is 4.90 Å². The summed E-state index contributed by atoms with van der Waals surface area (Å²) in [5, 5.41) is 4.01. The molecular weight excluding hydrogens is 278 g/mol. The third-order valence-electron chi connectivity index (χ3n) is 3.27. The van der Waals surface area contributed by atoms with E-state index in [1.54, 1.807) is 11.8 Å². The molecule has 4 nitrogen and oxygen atoms in total. The number of thioether (sulfide) groups is 1. The maximum Gasteiger partial charge on any atom is 0.263 e. The lowest BCUT2D eigenvalue weighted by molar-refractivity contribution is 0.0960. The number of hydrogen-bond donors (Lipinski definition) is 2. The van der Waals surface area contributed by atoms with Gasteiger partial charge in [-0.3, -0.25) is 4.79 Å². The smallest absolute Gasteiger partial charge is 0.263 e. The molecule has 0 saturated carbocycles. The zero-order valence-corrected chi connectivity index (χ0v) is 13.1. The molecule has 1 aromatic rings. The monoisotopic (exact) mass is 299 g/mol. The van der Waals surface area contributed by atoms with Gasteiger partial charge < -0.3 is 16.0 Å². The van der Waals surface area contributed by atoms with Gasteiger partial charge in [-0.25, -0.2) is 0 Å². The lowest BCUT2D eigenvalue weighted by Gasteiger charge is -2.28. The molecule has 0 unspecified atom stereocenters. The molecule has 0 radical (unpaired) electrons. The van der Waals surface area contributed by atoms with Crippen molar-refractivity contribution in [2.75, 3.05) is 36.5 Å². The first kappa shape index (κ1) is 14.5. The van der Waals surface area contributed by atoms with Crippen molar-refractivity contribution in [1.29, 1.82) is 0 Å². The van der Waals surface area contributed by atoms with E-state index in [0.29, 0.717) is 17.1 Å². The number of nitrogen functional groups attached to an aromatic ring is 1. The second kappa shape index (κ2) is 6.52. The summed E-state index contributed by atoms with van der Waals surface area (Å²) in [5.41, 5.74) is 6.80. The van der Waals surface area contributed by atoms with E-state index in [9.17, 15) is 4.79 Å². The summed E-state index contributed by atoms with van der Waals surface area (Å²) in [6.07, 6.45) is 5.77. The molecule has 6 heteroatoms. The van der Waals surface area contributed by atoms with E-state index in [1.807, 2.05) is 13.2 Å². The summed E-state index contributed by atoms with van der Waals surface area (Å²) >= 11 is 3.17. The van der Waals surface area contributed by atoms with Crippen molar-refractivity contribution in [1.82, 2.24) is 5.32 Å². The predicted octanol–water partition coefficient (Wildman–Crippen LogP) is 2.79. The van der Waals surface area contributed by atoms with Crippen LogP contribution < -0.4 is 16.0 Å². The molecule has 2 rings (SSSR count). The molecule has 1 saturated heterocycles. The van der Waals surface area contributed by atoms with Crippen molar-refractivity contribution < 1.29 is 4.79 Å². The standard InChI is InChI=1S/C13H21N3OS2/c1-3-15-12(17)10-9(14)11(18-2)13(19-10)16-7-5-4-6-8-16/h3-8,14H2,1-2H3,(H,15,17). The van der Waals surface area contributed by atoms with Gasteiger partial charge in [0.25, 0.3) is 5.91 Å². The van der Waals surface area contributed by atoms with Crippen molar-refractivity contribution in [3.8, 4) is 0 Å². The quantitative estimate of drug-likeness (QED) is 0.839. The molecule has 1 fully saturated rings. The Hall–Kier alpha value is -0.880. The van der Waals surface area contributed by atoms with Crippen molar-refractivity contribution >= 4 is 39.7 Å². The van der Waals surface area contributed by atoms with E-state index < -0.39 is 0 Å². The Morgan fingerprint density at radius 1 is 1.42 bits per heavy atom. The third kappa shape index (κ3) is 3.00. The average Bonchev–Trinajstić information content (AvgIpc) is 2.77. The Balaban J connectivity index is 2.32. The van der Waals surface area contributed by atoms with E-state index in [4.69, 9.17) is 5.73 Å². The molecule has 19 heavy (non-hydrogen) atoms. The normalized spacial score (nSPS) is 15.6. The minimum Gasteiger partial charge on any atom is -0.396 e. The predicted molar refractivity (Wildman–Crippen MR) is 84.6 cm³/mol. The highest BCUT2D eigenvalue weighted by molar-refractivity contribution is 7.99. The van der Waals surface area contributed by atoms with Gasteiger partial charge in [-0.05, 0) is 32.4 Å². The summed E-state index contributed by atoms with van der Waals surface area (Å²) in [7, 11) is 0. The first-order valence-corrected chi connectivity index (χ1v) is 8.72. The van der Waals surface area contributed by atoms with Crippen LogP contribution in [-0.4, -0.2) is 31.8 Å². The Labute approximate surface area is 122 Å². The number of hydrogen-bond acceptors (Lipinski definition) is 5. The Bertz CT molecular complexity index is 453. The molecule has 0 spiro atoms. The van der Waals surface area contributed by atoms with Gasteiger partial charge in [-0.2, -0.15) is 0 Å². The fraction of sp³-hybridized carbons (Fsp3) is 0.615. The molecule has 0 bridgehead atoms. The van der Waals surface area contributed by atoms with Gasteiger partial charge in [-0.15, -0.1) is 23.1 Å². The molecule has 3 N–H and O–H groups in total. The van der Waals surface area contributed by atoms with Gasteiger partial charge in [0.15, 0.2) is 0 Å². The van der Waals surface area contributed by atoms with Crippen molar-refractivity contribution in [3.63, 3.8) is 0 Å². The van der Waals surface area contributed by atoms with Gasteiger partial charge in [0.05, 0.1) is 10.6 Å². The molecule has 0 atom stereocenters. The third-order valence-corrected chi connectivity index (χ3v) is 5.49. The maximum atomic E-state index is 12.0. The SMILES string of the molecule is CCNC(=O)c1sc(N2CCCCC2)c(SC)c1N. The average molecular weight is 299 g/mol. The minimum atomic E-state index is -0.0523. The van der Waals surface area contributed by atoms with Gasteiger partial charge in [0.2, 0.25) is 0 Å². The molecule has 1 amide bonds. The lowest BCUT2D eigenvalue weighted by atomic mass is 10.1. The topological polar surface area (TPSA) is 58.4 Å². The number of amides is 1. The molecular formula is C13H21N3OS2. The van der Waals surface area contributed by atoms with E-state index in [2.05, 4.69) is 10.2 Å². The number of anilines is 2. The summed E-state index contributed by atoms with van der Waals surface area (Å²) in [5.74, 6) is -0.0523. The molecule has 1 aromatic heterocycles.